The molecule has 0 fully saturated rings. The molecule has 0 spiro atoms. The predicted molar refractivity (Wildman–Crippen MR) is 54.5 cm³/mol. The zero-order valence-electron chi connectivity index (χ0n) is 9.10. The van der Waals surface area contributed by atoms with Gasteiger partial charge in [0.15, 0.2) is 11.9 Å². The van der Waals surface area contributed by atoms with Gasteiger partial charge in [-0.3, -0.25) is 19.1 Å². The third-order valence-corrected chi connectivity index (χ3v) is 2.52. The molecule has 0 aromatic rings. The third kappa shape index (κ3) is 9.32. The van der Waals surface area contributed by atoms with E-state index in [1.807, 2.05) is 0 Å². The summed E-state index contributed by atoms with van der Waals surface area (Å²) in [7, 11) is -9.84. The van der Waals surface area contributed by atoms with Gasteiger partial charge in [0.05, 0.1) is 6.61 Å². The minimum atomic E-state index is -4.94. The normalized spacial score (nSPS) is 16.1. The fourth-order valence-electron chi connectivity index (χ4n) is 0.834. The van der Waals surface area contributed by atoms with Crippen molar-refractivity contribution in [2.24, 2.45) is 0 Å². The summed E-state index contributed by atoms with van der Waals surface area (Å²) in [6, 6.07) is 0. The number of aliphatic hydroxyl groups is 1. The number of hydrogen-bond acceptors (Lipinski definition) is 8. The van der Waals surface area contributed by atoms with Gasteiger partial charge in [-0.15, -0.1) is 0 Å². The molecule has 0 aromatic carbocycles. The molecule has 0 radical (unpaired) electrons. The van der Waals surface area contributed by atoms with Crippen LogP contribution in [0, 0.1) is 0 Å². The predicted octanol–water partition coefficient (Wildman–Crippen LogP) is -2.01. The summed E-state index contributed by atoms with van der Waals surface area (Å²) in [4.78, 5) is 48.1. The molecule has 0 bridgehead atoms. The number of phosphoric ester groups is 2. The van der Waals surface area contributed by atoms with Crippen LogP contribution in [0.5, 0.6) is 0 Å². The van der Waals surface area contributed by atoms with Crippen molar-refractivity contribution in [2.75, 3.05) is 13.2 Å². The first-order valence-electron chi connectivity index (χ1n) is 4.37. The smallest absolute Gasteiger partial charge is 0.387 e. The second kappa shape index (κ2) is 7.53. The molecule has 0 rings (SSSR count). The van der Waals surface area contributed by atoms with Crippen molar-refractivity contribution >= 4 is 21.4 Å². The van der Waals surface area contributed by atoms with E-state index in [9.17, 15) is 19.0 Å². The van der Waals surface area contributed by atoms with E-state index in [4.69, 9.17) is 24.8 Å². The van der Waals surface area contributed by atoms with Gasteiger partial charge < -0.3 is 24.7 Å². The highest BCUT2D eigenvalue weighted by Crippen LogP contribution is 2.36. The third-order valence-electron chi connectivity index (χ3n) is 1.57. The van der Waals surface area contributed by atoms with Crippen molar-refractivity contribution < 1.29 is 57.8 Å². The fraction of sp³-hybridized carbons (Fsp3) is 0.800. The molecule has 19 heavy (non-hydrogen) atoms. The van der Waals surface area contributed by atoms with Crippen molar-refractivity contribution in [3.8, 4) is 0 Å². The number of carbonyl (C=O) groups excluding carboxylic acids is 1. The van der Waals surface area contributed by atoms with Crippen LogP contribution < -0.4 is 0 Å². The number of Topliss-reactive ketones (excluding diaryl/α,β-unsaturated/α-hetero) is 1. The van der Waals surface area contributed by atoms with Crippen LogP contribution in [-0.4, -0.2) is 61.1 Å². The summed E-state index contributed by atoms with van der Waals surface area (Å²) in [5.41, 5.74) is 0. The SMILES string of the molecule is O=C(COP(=O)(O)O)[C@H](OO)[C@H](O)COP(=O)(O)O. The number of rotatable bonds is 9. The molecule has 0 aromatic heterocycles. The van der Waals surface area contributed by atoms with Crippen LogP contribution in [0.3, 0.4) is 0 Å². The van der Waals surface area contributed by atoms with E-state index >= 15 is 0 Å². The molecule has 0 unspecified atom stereocenters. The Morgan fingerprint density at radius 1 is 1.05 bits per heavy atom. The molecule has 114 valence electrons. The van der Waals surface area contributed by atoms with E-state index in [-0.39, 0.29) is 0 Å². The van der Waals surface area contributed by atoms with Gasteiger partial charge in [0.1, 0.15) is 12.7 Å². The van der Waals surface area contributed by atoms with Gasteiger partial charge in [-0.2, -0.15) is 0 Å². The van der Waals surface area contributed by atoms with E-state index in [2.05, 4.69) is 13.9 Å². The Morgan fingerprint density at radius 3 is 1.89 bits per heavy atom. The molecule has 0 aliphatic rings. The first kappa shape index (κ1) is 18.8. The van der Waals surface area contributed by atoms with Crippen molar-refractivity contribution in [1.29, 1.82) is 0 Å². The lowest BCUT2D eigenvalue weighted by Gasteiger charge is -2.18. The summed E-state index contributed by atoms with van der Waals surface area (Å²) < 4.78 is 28.3. The first-order chi connectivity index (χ1) is 8.46. The van der Waals surface area contributed by atoms with Crippen LogP contribution in [0.25, 0.3) is 0 Å². The average molecular weight is 326 g/mol. The molecule has 14 heteroatoms. The number of hydrogen-bond donors (Lipinski definition) is 6. The Morgan fingerprint density at radius 2 is 1.53 bits per heavy atom. The molecule has 0 saturated heterocycles. The van der Waals surface area contributed by atoms with E-state index in [0.29, 0.717) is 0 Å². The Bertz CT molecular complexity index is 382. The first-order valence-corrected chi connectivity index (χ1v) is 7.43. The Hall–Kier alpha value is -0.230. The van der Waals surface area contributed by atoms with Crippen molar-refractivity contribution in [2.45, 2.75) is 12.2 Å². The van der Waals surface area contributed by atoms with Crippen LogP contribution in [0.2, 0.25) is 0 Å². The van der Waals surface area contributed by atoms with Crippen molar-refractivity contribution in [3.05, 3.63) is 0 Å². The Labute approximate surface area is 105 Å². The Balaban J connectivity index is 4.43. The summed E-state index contributed by atoms with van der Waals surface area (Å²) >= 11 is 0. The topological polar surface area (TPSA) is 200 Å². The van der Waals surface area contributed by atoms with Crippen LogP contribution in [0.1, 0.15) is 0 Å². The highest BCUT2D eigenvalue weighted by molar-refractivity contribution is 7.46. The quantitative estimate of drug-likeness (QED) is 0.155. The van der Waals surface area contributed by atoms with Crippen LogP contribution in [-0.2, 0) is 27.9 Å². The van der Waals surface area contributed by atoms with E-state index in [1.54, 1.807) is 0 Å². The zero-order chi connectivity index (χ0) is 15.3. The average Bonchev–Trinajstić information content (AvgIpc) is 2.22. The molecule has 0 saturated carbocycles. The van der Waals surface area contributed by atoms with Crippen LogP contribution >= 0.6 is 15.6 Å². The minimum Gasteiger partial charge on any atom is -0.387 e. The maximum Gasteiger partial charge on any atom is 0.470 e. The molecule has 2 atom stereocenters. The number of carbonyl (C=O) groups is 1. The van der Waals surface area contributed by atoms with E-state index in [0.717, 1.165) is 0 Å². The van der Waals surface area contributed by atoms with Gasteiger partial charge in [-0.25, -0.2) is 14.0 Å². The second-order valence-electron chi connectivity index (χ2n) is 3.11. The Kier molecular flexibility index (Phi) is 7.43. The highest BCUT2D eigenvalue weighted by Gasteiger charge is 2.32. The fourth-order valence-corrected chi connectivity index (χ4v) is 1.48. The molecule has 12 nitrogen and oxygen atoms in total. The van der Waals surface area contributed by atoms with Crippen LogP contribution in [0.4, 0.5) is 0 Å². The van der Waals surface area contributed by atoms with Crippen LogP contribution in [0.15, 0.2) is 0 Å². The lowest BCUT2D eigenvalue weighted by atomic mass is 10.1. The summed E-state index contributed by atoms with van der Waals surface area (Å²) in [6.07, 6.45) is -4.05. The largest absolute Gasteiger partial charge is 0.470 e. The van der Waals surface area contributed by atoms with Gasteiger partial charge in [0, 0.05) is 0 Å². The zero-order valence-corrected chi connectivity index (χ0v) is 10.9. The van der Waals surface area contributed by atoms with E-state index in [1.165, 1.54) is 0 Å². The van der Waals surface area contributed by atoms with Gasteiger partial charge in [-0.1, -0.05) is 0 Å². The van der Waals surface area contributed by atoms with Gasteiger partial charge in [-0.05, 0) is 0 Å². The monoisotopic (exact) mass is 326 g/mol. The molecular weight excluding hydrogens is 314 g/mol. The standard InChI is InChI=1S/C5H12O12P2/c6-3(1-15-18(9,10)11)5(17-8)4(7)2-16-19(12,13)14/h3,5-6,8H,1-2H2,(H2,9,10,11)(H2,12,13,14)/t3-,5-/m1/s1. The minimum absolute atomic E-state index is 1.07. The molecule has 0 aliphatic carbocycles. The summed E-state index contributed by atoms with van der Waals surface area (Å²) in [5, 5.41) is 17.6. The van der Waals surface area contributed by atoms with Gasteiger partial charge in [0.25, 0.3) is 0 Å². The van der Waals surface area contributed by atoms with E-state index < -0.39 is 46.9 Å². The number of phosphoric acid groups is 2. The van der Waals surface area contributed by atoms with Crippen molar-refractivity contribution in [3.63, 3.8) is 0 Å². The highest BCUT2D eigenvalue weighted by atomic mass is 31.2. The number of ketones is 1. The lowest BCUT2D eigenvalue weighted by molar-refractivity contribution is -0.289. The number of aliphatic hydroxyl groups excluding tert-OH is 1. The molecule has 6 N–H and O–H groups in total. The lowest BCUT2D eigenvalue weighted by Crippen LogP contribution is -2.40. The van der Waals surface area contributed by atoms with Gasteiger partial charge in [0.2, 0.25) is 0 Å². The summed E-state index contributed by atoms with van der Waals surface area (Å²) in [5.74, 6) is -1.28. The molecular formula is C5H12O12P2. The second-order valence-corrected chi connectivity index (χ2v) is 5.59. The molecule has 0 heterocycles. The molecule has 0 amide bonds. The molecule has 0 aliphatic heterocycles. The van der Waals surface area contributed by atoms with Crippen molar-refractivity contribution in [1.82, 2.24) is 0 Å². The maximum atomic E-state index is 11.2. The summed E-state index contributed by atoms with van der Waals surface area (Å²) in [6.45, 7) is -2.28. The maximum absolute atomic E-state index is 11.2. The van der Waals surface area contributed by atoms with Gasteiger partial charge >= 0.3 is 15.6 Å².